The molecule has 198 valence electrons. The van der Waals surface area contributed by atoms with Gasteiger partial charge in [0.15, 0.2) is 11.6 Å². The maximum atomic E-state index is 14.4. The summed E-state index contributed by atoms with van der Waals surface area (Å²) in [4.78, 5) is 38.5. The number of phenolic OH excluding ortho intramolecular Hbond substituents is 2. The van der Waals surface area contributed by atoms with E-state index in [9.17, 15) is 19.8 Å². The van der Waals surface area contributed by atoms with Gasteiger partial charge >= 0.3 is 0 Å². The molecule has 4 aromatic carbocycles. The summed E-state index contributed by atoms with van der Waals surface area (Å²) < 4.78 is 0. The van der Waals surface area contributed by atoms with E-state index in [4.69, 9.17) is 9.98 Å². The molecular weight excluding hydrogens is 524 g/mol. The molecule has 42 heavy (non-hydrogen) atoms. The van der Waals surface area contributed by atoms with Crippen molar-refractivity contribution < 1.29 is 19.8 Å². The summed E-state index contributed by atoms with van der Waals surface area (Å²) in [5.41, 5.74) is 8.31. The molecule has 2 N–H and O–H groups in total. The molecule has 4 aromatic rings. The standard InChI is InChI=1S/C36H20N2O4/c39-21-13-9-19(10-14-21)17-25-33-29(23-5-1-3-7-27(23)37-33)31(35(25)41)32-30-24-6-2-4-8-28(24)38-34(30)26(36(32)42)18-20-11-15-22(40)16-12-20/h1-18,39-40H/b25-17-,26-18+. The van der Waals surface area contributed by atoms with Gasteiger partial charge in [-0.1, -0.05) is 60.7 Å². The fourth-order valence-corrected chi connectivity index (χ4v) is 6.00. The maximum absolute atomic E-state index is 14.4. The lowest BCUT2D eigenvalue weighted by Crippen LogP contribution is -2.11. The van der Waals surface area contributed by atoms with E-state index in [0.29, 0.717) is 44.9 Å². The molecule has 6 heteroatoms. The van der Waals surface area contributed by atoms with Crippen LogP contribution in [0.3, 0.4) is 0 Å². The number of carbonyl (C=O) groups is 2. The largest absolute Gasteiger partial charge is 0.508 e. The van der Waals surface area contributed by atoms with Crippen LogP contribution >= 0.6 is 0 Å². The Kier molecular flexibility index (Phi) is 5.03. The molecule has 0 saturated carbocycles. The number of aliphatic imine (C=N–C) groups is 2. The van der Waals surface area contributed by atoms with Gasteiger partial charge in [-0.25, -0.2) is 9.98 Å². The van der Waals surface area contributed by atoms with Gasteiger partial charge in [-0.05, 0) is 59.7 Å². The first kappa shape index (κ1) is 24.0. The van der Waals surface area contributed by atoms with E-state index in [1.165, 1.54) is 0 Å². The van der Waals surface area contributed by atoms with Crippen LogP contribution in [0.5, 0.6) is 11.5 Å². The summed E-state index contributed by atoms with van der Waals surface area (Å²) in [6.45, 7) is 0. The number of rotatable bonds is 3. The summed E-state index contributed by atoms with van der Waals surface area (Å²) in [5, 5.41) is 19.5. The van der Waals surface area contributed by atoms with Crippen molar-refractivity contribution in [2.45, 2.75) is 0 Å². The lowest BCUT2D eigenvalue weighted by Gasteiger charge is -2.08. The number of aromatic hydroxyl groups is 2. The molecule has 8 rings (SSSR count). The molecule has 0 unspecified atom stereocenters. The van der Waals surface area contributed by atoms with Crippen molar-refractivity contribution in [2.24, 2.45) is 9.98 Å². The molecule has 0 fully saturated rings. The Morgan fingerprint density at radius 2 is 0.857 bits per heavy atom. The van der Waals surface area contributed by atoms with E-state index in [2.05, 4.69) is 0 Å². The summed E-state index contributed by atoms with van der Waals surface area (Å²) in [6, 6.07) is 28.4. The van der Waals surface area contributed by atoms with Crippen LogP contribution in [0.2, 0.25) is 0 Å². The van der Waals surface area contributed by atoms with Gasteiger partial charge in [0.25, 0.3) is 0 Å². The predicted molar refractivity (Wildman–Crippen MR) is 163 cm³/mol. The third-order valence-corrected chi connectivity index (χ3v) is 7.90. The average Bonchev–Trinajstić information content (AvgIpc) is 3.70. The topological polar surface area (TPSA) is 99.3 Å². The van der Waals surface area contributed by atoms with Crippen LogP contribution < -0.4 is 0 Å². The van der Waals surface area contributed by atoms with Gasteiger partial charge in [-0.3, -0.25) is 9.59 Å². The zero-order valence-electron chi connectivity index (χ0n) is 22.0. The number of benzene rings is 4. The molecule has 0 bridgehead atoms. The molecule has 2 aliphatic heterocycles. The fourth-order valence-electron chi connectivity index (χ4n) is 6.00. The van der Waals surface area contributed by atoms with Crippen molar-refractivity contribution in [1.82, 2.24) is 0 Å². The monoisotopic (exact) mass is 544 g/mol. The Morgan fingerprint density at radius 3 is 1.26 bits per heavy atom. The van der Waals surface area contributed by atoms with Crippen molar-refractivity contribution >= 4 is 57.7 Å². The van der Waals surface area contributed by atoms with Crippen LogP contribution in [0.25, 0.3) is 23.3 Å². The number of hydrogen-bond donors (Lipinski definition) is 2. The highest BCUT2D eigenvalue weighted by atomic mass is 16.3. The Balaban J connectivity index is 1.38. The van der Waals surface area contributed by atoms with E-state index in [-0.39, 0.29) is 23.1 Å². The SMILES string of the molecule is O=C1C(C2=C3C(=Nc4ccccc43)/C(=C\c3ccc(O)cc3)C2=O)=C2C(=Nc3ccccc32)/C1=C/c1ccc(O)cc1. The van der Waals surface area contributed by atoms with Crippen molar-refractivity contribution in [3.63, 3.8) is 0 Å². The van der Waals surface area contributed by atoms with E-state index in [1.807, 2.05) is 48.5 Å². The Bertz CT molecular complexity index is 1950. The van der Waals surface area contributed by atoms with Gasteiger partial charge in [0.2, 0.25) is 0 Å². The first-order chi connectivity index (χ1) is 20.5. The first-order valence-electron chi connectivity index (χ1n) is 13.5. The van der Waals surface area contributed by atoms with Crippen LogP contribution in [0, 0.1) is 0 Å². The smallest absolute Gasteiger partial charge is 0.196 e. The molecule has 0 radical (unpaired) electrons. The van der Waals surface area contributed by atoms with E-state index < -0.39 is 0 Å². The third-order valence-electron chi connectivity index (χ3n) is 7.90. The van der Waals surface area contributed by atoms with Crippen molar-refractivity contribution in [3.8, 4) is 11.5 Å². The van der Waals surface area contributed by atoms with Gasteiger partial charge in [-0.2, -0.15) is 0 Å². The van der Waals surface area contributed by atoms with Crippen molar-refractivity contribution in [3.05, 3.63) is 142 Å². The molecule has 0 aromatic heterocycles. The minimum atomic E-state index is -0.281. The molecule has 0 amide bonds. The second-order valence-corrected chi connectivity index (χ2v) is 10.4. The molecule has 4 aliphatic rings. The normalized spacial score (nSPS) is 18.5. The predicted octanol–water partition coefficient (Wildman–Crippen LogP) is 6.81. The highest BCUT2D eigenvalue weighted by molar-refractivity contribution is 6.63. The van der Waals surface area contributed by atoms with E-state index in [0.717, 1.165) is 33.6 Å². The lowest BCUT2D eigenvalue weighted by molar-refractivity contribution is -0.114. The van der Waals surface area contributed by atoms with Crippen LogP contribution in [0.1, 0.15) is 22.3 Å². The number of Topliss-reactive ketones (excluding diaryl/α,β-unsaturated/α-hetero) is 2. The van der Waals surface area contributed by atoms with Crippen LogP contribution in [0.4, 0.5) is 11.4 Å². The molecular formula is C36H20N2O4. The van der Waals surface area contributed by atoms with Gasteiger partial charge in [0, 0.05) is 44.6 Å². The maximum Gasteiger partial charge on any atom is 0.196 e. The summed E-state index contributed by atoms with van der Waals surface area (Å²) in [5.74, 6) is -0.306. The average molecular weight is 545 g/mol. The second-order valence-electron chi connectivity index (χ2n) is 10.4. The van der Waals surface area contributed by atoms with Crippen molar-refractivity contribution in [2.75, 3.05) is 0 Å². The fraction of sp³-hybridized carbons (Fsp3) is 0. The number of carbonyl (C=O) groups excluding carboxylic acids is 2. The van der Waals surface area contributed by atoms with Crippen LogP contribution in [0.15, 0.2) is 129 Å². The Morgan fingerprint density at radius 1 is 0.476 bits per heavy atom. The van der Waals surface area contributed by atoms with Gasteiger partial charge in [0.05, 0.1) is 22.8 Å². The molecule has 2 aliphatic carbocycles. The number of hydrogen-bond acceptors (Lipinski definition) is 6. The quantitative estimate of drug-likeness (QED) is 0.277. The molecule has 0 spiro atoms. The number of ketones is 2. The van der Waals surface area contributed by atoms with Crippen molar-refractivity contribution in [1.29, 1.82) is 0 Å². The second kappa shape index (κ2) is 8.81. The zero-order chi connectivity index (χ0) is 28.5. The Labute approximate surface area is 240 Å². The highest BCUT2D eigenvalue weighted by Crippen LogP contribution is 2.52. The summed E-state index contributed by atoms with van der Waals surface area (Å²) in [6.07, 6.45) is 3.52. The third kappa shape index (κ3) is 3.45. The van der Waals surface area contributed by atoms with Gasteiger partial charge < -0.3 is 10.2 Å². The van der Waals surface area contributed by atoms with Gasteiger partial charge in [0.1, 0.15) is 11.5 Å². The summed E-state index contributed by atoms with van der Waals surface area (Å²) in [7, 11) is 0. The number of phenols is 2. The number of para-hydroxylation sites is 2. The van der Waals surface area contributed by atoms with Crippen LogP contribution in [-0.2, 0) is 9.59 Å². The zero-order valence-corrected chi connectivity index (χ0v) is 22.0. The number of nitrogens with zero attached hydrogens (tertiary/aromatic N) is 2. The number of fused-ring (bicyclic) bond motifs is 6. The minimum absolute atomic E-state index is 0.128. The van der Waals surface area contributed by atoms with Crippen LogP contribution in [-0.4, -0.2) is 33.2 Å². The summed E-state index contributed by atoms with van der Waals surface area (Å²) >= 11 is 0. The molecule has 0 atom stereocenters. The van der Waals surface area contributed by atoms with E-state index in [1.54, 1.807) is 60.7 Å². The first-order valence-corrected chi connectivity index (χ1v) is 13.5. The minimum Gasteiger partial charge on any atom is -0.508 e. The molecule has 0 saturated heterocycles. The molecule has 2 heterocycles. The van der Waals surface area contributed by atoms with Gasteiger partial charge in [-0.15, -0.1) is 0 Å². The number of allylic oxidation sites excluding steroid dienone is 6. The van der Waals surface area contributed by atoms with E-state index >= 15 is 0 Å². The molecule has 6 nitrogen and oxygen atoms in total. The lowest BCUT2D eigenvalue weighted by atomic mass is 9.91. The highest BCUT2D eigenvalue weighted by Gasteiger charge is 2.48. The Hall–Kier alpha value is -5.88.